The normalized spacial score (nSPS) is 15.9. The lowest BCUT2D eigenvalue weighted by atomic mass is 10.1. The highest BCUT2D eigenvalue weighted by Gasteiger charge is 2.34. The van der Waals surface area contributed by atoms with Crippen LogP contribution in [-0.2, 0) is 39.0 Å². The zero-order valence-electron chi connectivity index (χ0n) is 36.8. The van der Waals surface area contributed by atoms with Crippen molar-refractivity contribution in [2.45, 2.75) is 57.7 Å². The van der Waals surface area contributed by atoms with E-state index in [2.05, 4.69) is 14.7 Å². The number of aryl methyl sites for hydroxylation is 1. The lowest BCUT2D eigenvalue weighted by Gasteiger charge is -2.35. The van der Waals surface area contributed by atoms with Crippen LogP contribution in [0.4, 0.5) is 28.2 Å². The number of nitrogens with zero attached hydrogens (tertiary/aromatic N) is 9. The lowest BCUT2D eigenvalue weighted by molar-refractivity contribution is 0.0192. The molecule has 8 rings (SSSR count). The molecule has 5 heterocycles. The maximum absolute atomic E-state index is 13.9. The number of anilines is 4. The molecule has 0 spiro atoms. The Morgan fingerprint density at radius 2 is 1.40 bits per heavy atom. The molecule has 2 saturated heterocycles. The molecule has 0 N–H and O–H groups in total. The first-order valence-electron chi connectivity index (χ1n) is 21.2. The smallest absolute Gasteiger partial charge is 0.410 e. The molecule has 3 aromatic carbocycles. The summed E-state index contributed by atoms with van der Waals surface area (Å²) < 4.78 is 51.2. The van der Waals surface area contributed by atoms with Crippen LogP contribution in [0.2, 0.25) is 0 Å². The lowest BCUT2D eigenvalue weighted by Crippen LogP contribution is -2.51. The van der Waals surface area contributed by atoms with Gasteiger partial charge >= 0.3 is 6.09 Å². The molecular weight excluding hydrogens is 823 g/mol. The van der Waals surface area contributed by atoms with Crippen molar-refractivity contribution in [2.24, 2.45) is 0 Å². The van der Waals surface area contributed by atoms with Gasteiger partial charge in [-0.1, -0.05) is 24.3 Å². The molecule has 16 nitrogen and oxygen atoms in total. The zero-order chi connectivity index (χ0) is 44.3. The van der Waals surface area contributed by atoms with Gasteiger partial charge in [-0.2, -0.15) is 9.29 Å². The topological polar surface area (TPSA) is 156 Å². The van der Waals surface area contributed by atoms with Gasteiger partial charge in [-0.3, -0.25) is 0 Å². The number of methoxy groups -OCH3 is 2. The number of piperazine rings is 1. The van der Waals surface area contributed by atoms with Crippen molar-refractivity contribution < 1.29 is 32.2 Å². The molecule has 0 bridgehead atoms. The summed E-state index contributed by atoms with van der Waals surface area (Å²) in [7, 11) is -0.507. The number of amides is 1. The number of hydrogen-bond acceptors (Lipinski definition) is 14. The maximum Gasteiger partial charge on any atom is 0.410 e. The molecule has 0 radical (unpaired) electrons. The number of carbonyl (C=O) groups excluding carboxylic acids is 1. The van der Waals surface area contributed by atoms with Gasteiger partial charge in [-0.05, 0) is 93.3 Å². The Balaban J connectivity index is 1.07. The third-order valence-corrected chi connectivity index (χ3v) is 13.2. The van der Waals surface area contributed by atoms with Crippen molar-refractivity contribution >= 4 is 39.5 Å². The Kier molecular flexibility index (Phi) is 12.7. The van der Waals surface area contributed by atoms with Crippen LogP contribution in [-0.4, -0.2) is 122 Å². The maximum atomic E-state index is 13.9. The van der Waals surface area contributed by atoms with Crippen LogP contribution in [0.1, 0.15) is 43.0 Å². The van der Waals surface area contributed by atoms with Gasteiger partial charge in [0.2, 0.25) is 21.9 Å². The molecule has 0 unspecified atom stereocenters. The van der Waals surface area contributed by atoms with Crippen LogP contribution < -0.4 is 24.2 Å². The predicted molar refractivity (Wildman–Crippen MR) is 240 cm³/mol. The van der Waals surface area contributed by atoms with Gasteiger partial charge < -0.3 is 38.5 Å². The van der Waals surface area contributed by atoms with E-state index in [9.17, 15) is 13.2 Å². The van der Waals surface area contributed by atoms with Gasteiger partial charge in [-0.25, -0.2) is 28.2 Å². The highest BCUT2D eigenvalue weighted by molar-refractivity contribution is 7.89. The van der Waals surface area contributed by atoms with E-state index in [1.165, 1.54) is 4.31 Å². The van der Waals surface area contributed by atoms with Crippen LogP contribution in [0.15, 0.2) is 84.0 Å². The number of hydrogen-bond donors (Lipinski definition) is 0. The average molecular weight is 878 g/mol. The predicted octanol–water partition coefficient (Wildman–Crippen LogP) is 6.24. The summed E-state index contributed by atoms with van der Waals surface area (Å²) in [5.74, 6) is 3.50. The molecule has 3 aliphatic heterocycles. The number of rotatable bonds is 12. The van der Waals surface area contributed by atoms with Crippen molar-refractivity contribution in [2.75, 3.05) is 87.9 Å². The zero-order valence-corrected chi connectivity index (χ0v) is 37.6. The first-order valence-corrected chi connectivity index (χ1v) is 22.7. The van der Waals surface area contributed by atoms with Crippen LogP contribution in [0.25, 0.3) is 11.3 Å². The Bertz CT molecular complexity index is 2450. The van der Waals surface area contributed by atoms with E-state index in [0.717, 1.165) is 56.5 Å². The van der Waals surface area contributed by atoms with Crippen molar-refractivity contribution in [3.05, 3.63) is 101 Å². The van der Waals surface area contributed by atoms with E-state index < -0.39 is 21.7 Å². The van der Waals surface area contributed by atoms with Gasteiger partial charge in [0.25, 0.3) is 0 Å². The third kappa shape index (κ3) is 9.80. The molecule has 0 saturated carbocycles. The quantitative estimate of drug-likeness (QED) is 0.139. The van der Waals surface area contributed by atoms with E-state index >= 15 is 0 Å². The number of carbonyl (C=O) groups is 1. The molecule has 63 heavy (non-hydrogen) atoms. The minimum atomic E-state index is -3.82. The number of aromatic nitrogens is 4. The molecular formula is C46H55N9O7S. The molecule has 0 atom stereocenters. The summed E-state index contributed by atoms with van der Waals surface area (Å²) in [5, 5.41) is 0. The monoisotopic (exact) mass is 877 g/mol. The van der Waals surface area contributed by atoms with Crippen LogP contribution in [0.3, 0.4) is 0 Å². The number of sulfonamides is 1. The van der Waals surface area contributed by atoms with Crippen molar-refractivity contribution in [1.29, 1.82) is 0 Å². The second-order valence-electron chi connectivity index (χ2n) is 16.8. The molecule has 332 valence electrons. The van der Waals surface area contributed by atoms with Crippen LogP contribution >= 0.6 is 0 Å². The number of morpholine rings is 1. The summed E-state index contributed by atoms with van der Waals surface area (Å²) in [6.07, 6.45) is 3.90. The third-order valence-electron chi connectivity index (χ3n) is 11.4. The number of fused-ring (bicyclic) bond motifs is 1. The minimum Gasteiger partial charge on any atom is -0.497 e. The molecule has 3 aliphatic rings. The largest absolute Gasteiger partial charge is 0.497 e. The fourth-order valence-corrected chi connectivity index (χ4v) is 9.51. The Hall–Kier alpha value is -6.04. The average Bonchev–Trinajstić information content (AvgIpc) is 3.72. The van der Waals surface area contributed by atoms with Gasteiger partial charge in [0.1, 0.15) is 22.9 Å². The first kappa shape index (κ1) is 43.6. The number of ether oxygens (including phenoxy) is 4. The molecule has 2 fully saturated rings. The van der Waals surface area contributed by atoms with Gasteiger partial charge in [0.15, 0.2) is 0 Å². The van der Waals surface area contributed by atoms with E-state index in [-0.39, 0.29) is 31.1 Å². The van der Waals surface area contributed by atoms with Crippen LogP contribution in [0.5, 0.6) is 11.5 Å². The van der Waals surface area contributed by atoms with E-state index in [1.807, 2.05) is 94.7 Å². The van der Waals surface area contributed by atoms with Crippen molar-refractivity contribution in [3.8, 4) is 22.8 Å². The number of benzene rings is 3. The standard InChI is InChI=1S/C46H55N9O7S/c1-32-27-38(63(57,58)54-21-19-52(20-22-54)45(56)62-46(2,3)4)15-16-40(32)55-18-17-39-41(49-44(50-42(39)55)51-23-25-61-26-24-51)35-28-47-43(48-29-35)53(30-33-7-11-36(59-5)12-8-33)31-34-9-13-37(60-6)14-10-34/h7-16,27-29H,17-26,30-31H2,1-6H3. The van der Waals surface area contributed by atoms with E-state index in [4.69, 9.17) is 38.9 Å². The molecule has 17 heteroatoms. The molecule has 0 aliphatic carbocycles. The minimum absolute atomic E-state index is 0.181. The van der Waals surface area contributed by atoms with Gasteiger partial charge in [0, 0.05) is 88.1 Å². The Labute approximate surface area is 369 Å². The summed E-state index contributed by atoms with van der Waals surface area (Å²) in [6.45, 7) is 12.4. The highest BCUT2D eigenvalue weighted by Crippen LogP contribution is 2.41. The highest BCUT2D eigenvalue weighted by atomic mass is 32.2. The van der Waals surface area contributed by atoms with Gasteiger partial charge in [-0.15, -0.1) is 0 Å². The van der Waals surface area contributed by atoms with Crippen LogP contribution in [0, 0.1) is 6.92 Å². The second-order valence-corrected chi connectivity index (χ2v) is 18.8. The summed E-state index contributed by atoms with van der Waals surface area (Å²) in [6, 6.07) is 21.2. The summed E-state index contributed by atoms with van der Waals surface area (Å²) in [5.41, 5.74) is 5.69. The Morgan fingerprint density at radius 1 is 0.794 bits per heavy atom. The summed E-state index contributed by atoms with van der Waals surface area (Å²) >= 11 is 0. The SMILES string of the molecule is COc1ccc(CN(Cc2ccc(OC)cc2)c2ncc(-c3nc(N4CCOCC4)nc4c3CCN4c3ccc(S(=O)(=O)N4CCN(C(=O)OC(C)(C)C)CC4)cc3C)cn2)cc1. The molecule has 5 aromatic rings. The Morgan fingerprint density at radius 3 is 1.95 bits per heavy atom. The van der Waals surface area contributed by atoms with E-state index in [0.29, 0.717) is 64.3 Å². The summed E-state index contributed by atoms with van der Waals surface area (Å²) in [4.78, 5) is 41.0. The van der Waals surface area contributed by atoms with Crippen molar-refractivity contribution in [3.63, 3.8) is 0 Å². The van der Waals surface area contributed by atoms with Crippen molar-refractivity contribution in [1.82, 2.24) is 29.1 Å². The second kappa shape index (κ2) is 18.4. The fraction of sp³-hybridized carbons (Fsp3) is 0.413. The van der Waals surface area contributed by atoms with E-state index in [1.54, 1.807) is 31.3 Å². The fourth-order valence-electron chi connectivity index (χ4n) is 8.01. The van der Waals surface area contributed by atoms with Gasteiger partial charge in [0.05, 0.1) is 38.0 Å². The molecule has 1 amide bonds. The molecule has 2 aromatic heterocycles. The first-order chi connectivity index (χ1) is 30.3.